The van der Waals surface area contributed by atoms with Crippen LogP contribution in [0.25, 0.3) is 0 Å². The molecule has 180 valence electrons. The summed E-state index contributed by atoms with van der Waals surface area (Å²) >= 11 is 0. The summed E-state index contributed by atoms with van der Waals surface area (Å²) in [6, 6.07) is 16.7. The molecule has 0 aliphatic carbocycles. The molecular weight excluding hydrogens is 450 g/mol. The number of esters is 1. The van der Waals surface area contributed by atoms with Crippen molar-refractivity contribution in [1.82, 2.24) is 10.2 Å². The van der Waals surface area contributed by atoms with Gasteiger partial charge in [-0.05, 0) is 61.4 Å². The summed E-state index contributed by atoms with van der Waals surface area (Å²) < 4.78 is 10.3. The lowest BCUT2D eigenvalue weighted by atomic mass is 10.2. The lowest BCUT2D eigenvalue weighted by Gasteiger charge is -2.15. The first-order valence-corrected chi connectivity index (χ1v) is 11.1. The number of amides is 2. The molecule has 35 heavy (non-hydrogen) atoms. The van der Waals surface area contributed by atoms with E-state index >= 15 is 0 Å². The van der Waals surface area contributed by atoms with Crippen molar-refractivity contribution in [2.45, 2.75) is 12.8 Å². The Morgan fingerprint density at radius 2 is 1.66 bits per heavy atom. The maximum atomic E-state index is 12.5. The molecule has 0 saturated carbocycles. The molecule has 1 aliphatic rings. The number of rotatable bonds is 8. The number of hydrogen-bond acceptors (Lipinski definition) is 8. The topological polar surface area (TPSA) is 123 Å². The van der Waals surface area contributed by atoms with E-state index in [1.165, 1.54) is 13.2 Å². The van der Waals surface area contributed by atoms with Crippen molar-refractivity contribution in [2.75, 3.05) is 42.3 Å². The molecule has 1 saturated heterocycles. The second-order valence-corrected chi connectivity index (χ2v) is 7.83. The number of carbonyl (C=O) groups is 3. The van der Waals surface area contributed by atoms with Gasteiger partial charge in [-0.25, -0.2) is 4.79 Å². The first-order chi connectivity index (χ1) is 17.0. The summed E-state index contributed by atoms with van der Waals surface area (Å²) in [4.78, 5) is 39.0. The molecule has 0 atom stereocenters. The van der Waals surface area contributed by atoms with Gasteiger partial charge in [0.25, 0.3) is 11.8 Å². The maximum Gasteiger partial charge on any atom is 0.359 e. The summed E-state index contributed by atoms with van der Waals surface area (Å²) in [7, 11) is 1.53. The largest absolute Gasteiger partial charge is 0.495 e. The molecule has 3 aromatic rings. The number of benzene rings is 2. The number of carbonyl (C=O) groups excluding carboxylic acids is 3. The van der Waals surface area contributed by atoms with E-state index in [2.05, 4.69) is 25.7 Å². The Hall–Kier alpha value is -4.47. The van der Waals surface area contributed by atoms with Gasteiger partial charge < -0.3 is 25.0 Å². The van der Waals surface area contributed by atoms with Crippen molar-refractivity contribution in [3.8, 4) is 5.75 Å². The van der Waals surface area contributed by atoms with Crippen molar-refractivity contribution in [1.29, 1.82) is 0 Å². The molecule has 2 aromatic carbocycles. The number of methoxy groups -OCH3 is 1. The SMILES string of the molecule is COc1ccccc1NC(=O)c1ccc(NC(=O)COC(=O)c2ccc(N3CCCC3)nn2)cc1. The van der Waals surface area contributed by atoms with Crippen molar-refractivity contribution in [3.05, 3.63) is 71.9 Å². The molecule has 2 heterocycles. The van der Waals surface area contributed by atoms with Crippen LogP contribution in [-0.4, -0.2) is 54.8 Å². The van der Waals surface area contributed by atoms with Crippen molar-refractivity contribution in [3.63, 3.8) is 0 Å². The Morgan fingerprint density at radius 1 is 0.914 bits per heavy atom. The Morgan fingerprint density at radius 3 is 2.34 bits per heavy atom. The lowest BCUT2D eigenvalue weighted by molar-refractivity contribution is -0.119. The normalized spacial score (nSPS) is 12.7. The van der Waals surface area contributed by atoms with E-state index in [1.807, 2.05) is 6.07 Å². The number of hydrogen-bond donors (Lipinski definition) is 2. The quantitative estimate of drug-likeness (QED) is 0.477. The third-order valence-electron chi connectivity index (χ3n) is 5.41. The Bertz CT molecular complexity index is 1190. The highest BCUT2D eigenvalue weighted by Crippen LogP contribution is 2.24. The molecule has 1 aromatic heterocycles. The van der Waals surface area contributed by atoms with E-state index in [9.17, 15) is 14.4 Å². The third-order valence-corrected chi connectivity index (χ3v) is 5.41. The zero-order valence-electron chi connectivity index (χ0n) is 19.2. The van der Waals surface area contributed by atoms with Crippen molar-refractivity contribution in [2.24, 2.45) is 0 Å². The average molecular weight is 476 g/mol. The van der Waals surface area contributed by atoms with Crippen molar-refractivity contribution < 1.29 is 23.9 Å². The average Bonchev–Trinajstić information content (AvgIpc) is 3.43. The molecule has 1 fully saturated rings. The standard InChI is InChI=1S/C25H25N5O5/c1-34-21-7-3-2-6-19(21)27-24(32)17-8-10-18(11-9-17)26-23(31)16-35-25(33)20-12-13-22(29-28-20)30-14-4-5-15-30/h2-3,6-13H,4-5,14-16H2,1H3,(H,26,31)(H,27,32). The second kappa shape index (κ2) is 11.1. The molecule has 0 unspecified atom stereocenters. The van der Waals surface area contributed by atoms with Crippen molar-refractivity contribution >= 4 is 35.0 Å². The number of para-hydroxylation sites is 2. The fourth-order valence-corrected chi connectivity index (χ4v) is 3.60. The number of aromatic nitrogens is 2. The first kappa shape index (κ1) is 23.7. The van der Waals surface area contributed by atoms with Gasteiger partial charge in [0.1, 0.15) is 5.75 Å². The summed E-state index contributed by atoms with van der Waals surface area (Å²) in [5, 5.41) is 13.4. The third kappa shape index (κ3) is 6.11. The molecule has 0 bridgehead atoms. The van der Waals surface area contributed by atoms with Crippen LogP contribution in [0.2, 0.25) is 0 Å². The molecule has 10 nitrogen and oxygen atoms in total. The molecule has 4 rings (SSSR count). The minimum atomic E-state index is -0.732. The molecule has 1 aliphatic heterocycles. The zero-order chi connectivity index (χ0) is 24.6. The Kier molecular flexibility index (Phi) is 7.51. The van der Waals surface area contributed by atoms with Crippen LogP contribution < -0.4 is 20.3 Å². The molecular formula is C25H25N5O5. The van der Waals surface area contributed by atoms with Gasteiger partial charge in [0, 0.05) is 24.3 Å². The fraction of sp³-hybridized carbons (Fsp3) is 0.240. The smallest absolute Gasteiger partial charge is 0.359 e. The zero-order valence-corrected chi connectivity index (χ0v) is 19.2. The summed E-state index contributed by atoms with van der Waals surface area (Å²) in [6.45, 7) is 1.36. The highest BCUT2D eigenvalue weighted by Gasteiger charge is 2.17. The molecule has 10 heteroatoms. The van der Waals surface area contributed by atoms with Gasteiger partial charge in [0.2, 0.25) is 0 Å². The first-order valence-electron chi connectivity index (χ1n) is 11.1. The summed E-state index contributed by atoms with van der Waals surface area (Å²) in [5.41, 5.74) is 1.44. The molecule has 0 spiro atoms. The van der Waals surface area contributed by atoms with E-state index < -0.39 is 18.5 Å². The van der Waals surface area contributed by atoms with E-state index in [0.717, 1.165) is 31.7 Å². The van der Waals surface area contributed by atoms with Gasteiger partial charge in [-0.3, -0.25) is 9.59 Å². The molecule has 0 radical (unpaired) electrons. The number of nitrogens with zero attached hydrogens (tertiary/aromatic N) is 3. The van der Waals surface area contributed by atoms with Gasteiger partial charge in [-0.15, -0.1) is 10.2 Å². The summed E-state index contributed by atoms with van der Waals surface area (Å²) in [5.74, 6) is -0.307. The van der Waals surface area contributed by atoms with Crippen LogP contribution in [0, 0.1) is 0 Å². The molecule has 2 N–H and O–H groups in total. The fourth-order valence-electron chi connectivity index (χ4n) is 3.60. The summed E-state index contributed by atoms with van der Waals surface area (Å²) in [6.07, 6.45) is 2.22. The predicted octanol–water partition coefficient (Wildman–Crippen LogP) is 3.13. The van der Waals surface area contributed by atoms with Gasteiger partial charge in [-0.2, -0.15) is 0 Å². The number of anilines is 3. The van der Waals surface area contributed by atoms with Crippen LogP contribution in [0.15, 0.2) is 60.7 Å². The van der Waals surface area contributed by atoms with Crippen LogP contribution in [-0.2, 0) is 9.53 Å². The van der Waals surface area contributed by atoms with Crippen LogP contribution in [0.3, 0.4) is 0 Å². The Balaban J connectivity index is 1.26. The van der Waals surface area contributed by atoms with E-state index in [4.69, 9.17) is 9.47 Å². The highest BCUT2D eigenvalue weighted by atomic mass is 16.5. The number of ether oxygens (including phenoxy) is 2. The minimum Gasteiger partial charge on any atom is -0.495 e. The Labute approximate surface area is 202 Å². The second-order valence-electron chi connectivity index (χ2n) is 7.83. The van der Waals surface area contributed by atoms with Crippen LogP contribution in [0.4, 0.5) is 17.2 Å². The van der Waals surface area contributed by atoms with E-state index in [-0.39, 0.29) is 11.6 Å². The van der Waals surface area contributed by atoms with Gasteiger partial charge >= 0.3 is 5.97 Å². The van der Waals surface area contributed by atoms with E-state index in [1.54, 1.807) is 48.5 Å². The van der Waals surface area contributed by atoms with E-state index in [0.29, 0.717) is 22.7 Å². The monoisotopic (exact) mass is 475 g/mol. The van der Waals surface area contributed by atoms with Crippen LogP contribution >= 0.6 is 0 Å². The lowest BCUT2D eigenvalue weighted by Crippen LogP contribution is -2.22. The van der Waals surface area contributed by atoms with Crippen LogP contribution in [0.1, 0.15) is 33.7 Å². The number of nitrogens with one attached hydrogen (secondary N) is 2. The van der Waals surface area contributed by atoms with Gasteiger partial charge in [-0.1, -0.05) is 12.1 Å². The van der Waals surface area contributed by atoms with Gasteiger partial charge in [0.05, 0.1) is 12.8 Å². The minimum absolute atomic E-state index is 0.0335. The molecule has 2 amide bonds. The van der Waals surface area contributed by atoms with Gasteiger partial charge in [0.15, 0.2) is 18.1 Å². The van der Waals surface area contributed by atoms with Crippen LogP contribution in [0.5, 0.6) is 5.75 Å². The predicted molar refractivity (Wildman–Crippen MR) is 130 cm³/mol. The highest BCUT2D eigenvalue weighted by molar-refractivity contribution is 6.05. The maximum absolute atomic E-state index is 12.5.